The minimum absolute atomic E-state index is 0.0231. The maximum absolute atomic E-state index is 13.1. The van der Waals surface area contributed by atoms with E-state index < -0.39 is 0 Å². The quantitative estimate of drug-likeness (QED) is 0.588. The number of hydrogen-bond acceptors (Lipinski definition) is 7. The second-order valence-electron chi connectivity index (χ2n) is 8.91. The van der Waals surface area contributed by atoms with Crippen molar-refractivity contribution >= 4 is 27.5 Å². The Bertz CT molecular complexity index is 1280. The number of amides is 1. The molecular formula is C24H26N4O4S. The number of thiophene rings is 1. The van der Waals surface area contributed by atoms with E-state index in [2.05, 4.69) is 16.0 Å². The summed E-state index contributed by atoms with van der Waals surface area (Å²) in [6.45, 7) is 4.04. The van der Waals surface area contributed by atoms with Gasteiger partial charge in [0.15, 0.2) is 11.5 Å². The van der Waals surface area contributed by atoms with Gasteiger partial charge < -0.3 is 14.4 Å². The molecule has 0 radical (unpaired) electrons. The van der Waals surface area contributed by atoms with Gasteiger partial charge in [-0.2, -0.15) is 0 Å². The van der Waals surface area contributed by atoms with Gasteiger partial charge in [-0.15, -0.1) is 11.3 Å². The molecule has 2 aliphatic heterocycles. The monoisotopic (exact) mass is 466 g/mol. The number of piperazine rings is 1. The Kier molecular flexibility index (Phi) is 5.30. The van der Waals surface area contributed by atoms with Crippen LogP contribution >= 0.6 is 11.3 Å². The second-order valence-corrected chi connectivity index (χ2v) is 10.00. The highest BCUT2D eigenvalue weighted by Gasteiger charge is 2.24. The van der Waals surface area contributed by atoms with E-state index in [0.29, 0.717) is 13.1 Å². The number of benzene rings is 1. The third kappa shape index (κ3) is 3.89. The predicted molar refractivity (Wildman–Crippen MR) is 125 cm³/mol. The van der Waals surface area contributed by atoms with Crippen LogP contribution in [0.1, 0.15) is 28.8 Å². The van der Waals surface area contributed by atoms with Gasteiger partial charge in [0.25, 0.3) is 5.56 Å². The van der Waals surface area contributed by atoms with Crippen molar-refractivity contribution in [1.29, 1.82) is 0 Å². The maximum Gasteiger partial charge on any atom is 0.262 e. The molecule has 0 bridgehead atoms. The van der Waals surface area contributed by atoms with Gasteiger partial charge in [0.2, 0.25) is 12.7 Å². The number of aromatic nitrogens is 2. The number of aryl methyl sites for hydroxylation is 2. The fourth-order valence-corrected chi connectivity index (χ4v) is 6.21. The van der Waals surface area contributed by atoms with Gasteiger partial charge in [-0.05, 0) is 48.9 Å². The average molecular weight is 467 g/mol. The molecule has 2 aromatic heterocycles. The van der Waals surface area contributed by atoms with E-state index in [0.717, 1.165) is 66.2 Å². The van der Waals surface area contributed by atoms with Crippen molar-refractivity contribution in [3.8, 4) is 11.5 Å². The summed E-state index contributed by atoms with van der Waals surface area (Å²) in [5.41, 5.74) is 2.26. The van der Waals surface area contributed by atoms with Crippen molar-refractivity contribution in [2.75, 3.05) is 33.0 Å². The zero-order valence-electron chi connectivity index (χ0n) is 18.4. The van der Waals surface area contributed by atoms with E-state index in [-0.39, 0.29) is 24.8 Å². The molecule has 0 saturated carbocycles. The maximum atomic E-state index is 13.1. The number of carbonyl (C=O) groups is 1. The fourth-order valence-electron chi connectivity index (χ4n) is 4.99. The van der Waals surface area contributed by atoms with Crippen molar-refractivity contribution in [2.45, 2.75) is 38.8 Å². The van der Waals surface area contributed by atoms with Gasteiger partial charge >= 0.3 is 0 Å². The topological polar surface area (TPSA) is 76.9 Å². The molecule has 1 fully saturated rings. The van der Waals surface area contributed by atoms with Crippen LogP contribution in [-0.2, 0) is 30.7 Å². The lowest BCUT2D eigenvalue weighted by Crippen LogP contribution is -2.49. The van der Waals surface area contributed by atoms with Gasteiger partial charge in [0, 0.05) is 37.6 Å². The minimum Gasteiger partial charge on any atom is -0.454 e. The van der Waals surface area contributed by atoms with Gasteiger partial charge in [-0.1, -0.05) is 6.07 Å². The summed E-state index contributed by atoms with van der Waals surface area (Å²) >= 11 is 1.64. The molecule has 6 rings (SSSR count). The number of carbonyl (C=O) groups excluding carboxylic acids is 1. The summed E-state index contributed by atoms with van der Waals surface area (Å²) in [4.78, 5) is 36.9. The molecule has 0 N–H and O–H groups in total. The number of ether oxygens (including phenoxy) is 2. The SMILES string of the molecule is O=C(Cn1cnc2sc3c(c2c1=O)CCCC3)N1CCN(Cc2ccc3c(c2)OCO3)CC1. The third-order valence-electron chi connectivity index (χ3n) is 6.82. The van der Waals surface area contributed by atoms with Crippen molar-refractivity contribution < 1.29 is 14.3 Å². The highest BCUT2D eigenvalue weighted by Crippen LogP contribution is 2.34. The summed E-state index contributed by atoms with van der Waals surface area (Å²) in [6.07, 6.45) is 5.80. The standard InChI is InChI=1S/C24H26N4O4S/c29-21(13-28-14-25-23-22(24(28)30)17-3-1-2-4-20(17)33-23)27-9-7-26(8-10-27)12-16-5-6-18-19(11-16)32-15-31-18/h5-6,11,14H,1-4,7-10,12-13,15H2. The molecule has 1 aromatic carbocycles. The van der Waals surface area contributed by atoms with Crippen LogP contribution in [0.15, 0.2) is 29.3 Å². The zero-order chi connectivity index (χ0) is 22.4. The van der Waals surface area contributed by atoms with Gasteiger partial charge in [-0.25, -0.2) is 4.98 Å². The molecule has 1 aliphatic carbocycles. The summed E-state index contributed by atoms with van der Waals surface area (Å²) < 4.78 is 12.3. The van der Waals surface area contributed by atoms with E-state index in [9.17, 15) is 9.59 Å². The normalized spacial score (nSPS) is 18.0. The highest BCUT2D eigenvalue weighted by molar-refractivity contribution is 7.18. The minimum atomic E-state index is -0.0748. The first-order valence-electron chi connectivity index (χ1n) is 11.5. The second kappa shape index (κ2) is 8.46. The van der Waals surface area contributed by atoms with Crippen LogP contribution < -0.4 is 15.0 Å². The molecule has 0 unspecified atom stereocenters. The van der Waals surface area contributed by atoms with Crippen LogP contribution in [0, 0.1) is 0 Å². The van der Waals surface area contributed by atoms with Crippen molar-refractivity contribution in [3.63, 3.8) is 0 Å². The molecule has 0 spiro atoms. The van der Waals surface area contributed by atoms with Gasteiger partial charge in [0.05, 0.1) is 11.7 Å². The van der Waals surface area contributed by atoms with Crippen molar-refractivity contribution in [1.82, 2.24) is 19.4 Å². The van der Waals surface area contributed by atoms with E-state index in [4.69, 9.17) is 9.47 Å². The molecule has 172 valence electrons. The van der Waals surface area contributed by atoms with E-state index in [1.165, 1.54) is 21.4 Å². The number of nitrogens with zero attached hydrogens (tertiary/aromatic N) is 4. The first-order chi connectivity index (χ1) is 16.2. The Hall–Kier alpha value is -2.91. The average Bonchev–Trinajstić information content (AvgIpc) is 3.45. The molecule has 3 aromatic rings. The van der Waals surface area contributed by atoms with Crippen LogP contribution in [0.2, 0.25) is 0 Å². The molecule has 4 heterocycles. The first kappa shape index (κ1) is 20.7. The number of fused-ring (bicyclic) bond motifs is 4. The third-order valence-corrected chi connectivity index (χ3v) is 8.02. The van der Waals surface area contributed by atoms with E-state index in [1.807, 2.05) is 17.0 Å². The molecule has 1 saturated heterocycles. The van der Waals surface area contributed by atoms with Gasteiger partial charge in [0.1, 0.15) is 11.4 Å². The molecule has 1 amide bonds. The molecule has 33 heavy (non-hydrogen) atoms. The van der Waals surface area contributed by atoms with Crippen molar-refractivity contribution in [3.05, 3.63) is 50.9 Å². The lowest BCUT2D eigenvalue weighted by molar-refractivity contribution is -0.133. The Labute approximate surface area is 195 Å². The largest absolute Gasteiger partial charge is 0.454 e. The number of rotatable bonds is 4. The zero-order valence-corrected chi connectivity index (χ0v) is 19.2. The Morgan fingerprint density at radius 3 is 2.76 bits per heavy atom. The first-order valence-corrected chi connectivity index (χ1v) is 12.4. The molecule has 8 nitrogen and oxygen atoms in total. The summed E-state index contributed by atoms with van der Waals surface area (Å²) in [5, 5.41) is 0.735. The van der Waals surface area contributed by atoms with E-state index in [1.54, 1.807) is 17.7 Å². The molecular weight excluding hydrogens is 440 g/mol. The smallest absolute Gasteiger partial charge is 0.262 e. The fraction of sp³-hybridized carbons (Fsp3) is 0.458. The summed E-state index contributed by atoms with van der Waals surface area (Å²) in [7, 11) is 0. The Balaban J connectivity index is 1.10. The highest BCUT2D eigenvalue weighted by atomic mass is 32.1. The van der Waals surface area contributed by atoms with Crippen LogP contribution in [0.5, 0.6) is 11.5 Å². The molecule has 9 heteroatoms. The molecule has 3 aliphatic rings. The Morgan fingerprint density at radius 2 is 1.88 bits per heavy atom. The Morgan fingerprint density at radius 1 is 1.06 bits per heavy atom. The van der Waals surface area contributed by atoms with Gasteiger partial charge in [-0.3, -0.25) is 19.1 Å². The lowest BCUT2D eigenvalue weighted by Gasteiger charge is -2.34. The molecule has 0 atom stereocenters. The van der Waals surface area contributed by atoms with E-state index >= 15 is 0 Å². The van der Waals surface area contributed by atoms with Crippen LogP contribution in [0.4, 0.5) is 0 Å². The predicted octanol–water partition coefficient (Wildman–Crippen LogP) is 2.41. The van der Waals surface area contributed by atoms with Crippen LogP contribution in [0.3, 0.4) is 0 Å². The lowest BCUT2D eigenvalue weighted by atomic mass is 9.97. The summed E-state index contributed by atoms with van der Waals surface area (Å²) in [5.74, 6) is 1.56. The summed E-state index contributed by atoms with van der Waals surface area (Å²) in [6, 6.07) is 6.03. The van der Waals surface area contributed by atoms with Crippen LogP contribution in [0.25, 0.3) is 10.2 Å². The number of hydrogen-bond donors (Lipinski definition) is 0. The van der Waals surface area contributed by atoms with Crippen LogP contribution in [-0.4, -0.2) is 58.2 Å². The van der Waals surface area contributed by atoms with Crippen molar-refractivity contribution in [2.24, 2.45) is 0 Å².